The molecule has 0 aromatic carbocycles. The van der Waals surface area contributed by atoms with Crippen LogP contribution in [0, 0.1) is 0 Å². The summed E-state index contributed by atoms with van der Waals surface area (Å²) in [6.07, 6.45) is -4.23. The van der Waals surface area contributed by atoms with Crippen LogP contribution in [-0.4, -0.2) is 58.1 Å². The molecule has 4 atom stereocenters. The fourth-order valence-corrected chi connectivity index (χ4v) is 2.65. The molecule has 1 aliphatic rings. The van der Waals surface area contributed by atoms with Crippen LogP contribution in [0.15, 0.2) is 15.5 Å². The predicted molar refractivity (Wildman–Crippen MR) is 75.5 cm³/mol. The molecular formula is C10H13N5O8S. The van der Waals surface area contributed by atoms with Crippen molar-refractivity contribution in [3.8, 4) is 0 Å². The quantitative estimate of drug-likeness (QED) is 0.425. The smallest absolute Gasteiger partial charge is 0.368 e. The first-order valence-corrected chi connectivity index (χ1v) is 7.96. The maximum Gasteiger partial charge on any atom is 0.368 e. The van der Waals surface area contributed by atoms with Crippen LogP contribution in [-0.2, 0) is 19.2 Å². The lowest BCUT2D eigenvalue weighted by Gasteiger charge is -2.16. The highest BCUT2D eigenvalue weighted by Crippen LogP contribution is 2.31. The van der Waals surface area contributed by atoms with Crippen molar-refractivity contribution in [2.45, 2.75) is 24.5 Å². The average Bonchev–Trinajstić information content (AvgIpc) is 3.00. The SMILES string of the molecule is Nc1nc2c(ncn2[C@@H]2O[C@H](COS(N)(=O)=O)[C@@H](O)[C@H]2O)c(=O)o1. The van der Waals surface area contributed by atoms with E-state index < -0.39 is 53.1 Å². The number of hydrogen-bond donors (Lipinski definition) is 4. The number of aliphatic hydroxyl groups excluding tert-OH is 2. The number of fused-ring (bicyclic) bond motifs is 1. The summed E-state index contributed by atoms with van der Waals surface area (Å²) in [6, 6.07) is -0.420. The Morgan fingerprint density at radius 2 is 2.08 bits per heavy atom. The van der Waals surface area contributed by atoms with Crippen LogP contribution in [0.2, 0.25) is 0 Å². The molecule has 0 amide bonds. The van der Waals surface area contributed by atoms with Crippen molar-refractivity contribution in [3.05, 3.63) is 16.7 Å². The molecule has 2 aromatic rings. The van der Waals surface area contributed by atoms with Gasteiger partial charge in [-0.25, -0.2) is 14.9 Å². The number of nitrogens with two attached hydrogens (primary N) is 2. The highest BCUT2D eigenvalue weighted by Gasteiger charge is 2.45. The van der Waals surface area contributed by atoms with E-state index in [9.17, 15) is 23.4 Å². The van der Waals surface area contributed by atoms with Gasteiger partial charge in [0.2, 0.25) is 0 Å². The second-order valence-electron chi connectivity index (χ2n) is 4.99. The van der Waals surface area contributed by atoms with Gasteiger partial charge < -0.3 is 25.1 Å². The summed E-state index contributed by atoms with van der Waals surface area (Å²) < 4.78 is 37.1. The topological polar surface area (TPSA) is 206 Å². The van der Waals surface area contributed by atoms with Gasteiger partial charge in [-0.05, 0) is 0 Å². The van der Waals surface area contributed by atoms with Crippen LogP contribution >= 0.6 is 0 Å². The van der Waals surface area contributed by atoms with Crippen molar-refractivity contribution >= 4 is 27.5 Å². The maximum absolute atomic E-state index is 11.6. The number of nitrogens with zero attached hydrogens (tertiary/aromatic N) is 3. The molecule has 1 aliphatic heterocycles. The number of ether oxygens (including phenoxy) is 1. The third-order valence-corrected chi connectivity index (χ3v) is 3.85. The van der Waals surface area contributed by atoms with Gasteiger partial charge in [0.05, 0.1) is 12.9 Å². The number of hydrogen-bond acceptors (Lipinski definition) is 11. The van der Waals surface area contributed by atoms with E-state index in [0.29, 0.717) is 0 Å². The number of anilines is 1. The number of aromatic nitrogens is 3. The molecule has 1 fully saturated rings. The largest absolute Gasteiger partial charge is 0.388 e. The maximum atomic E-state index is 11.6. The lowest BCUT2D eigenvalue weighted by atomic mass is 10.1. The third kappa shape index (κ3) is 2.97. The molecule has 0 radical (unpaired) electrons. The Kier molecular flexibility index (Phi) is 4.02. The van der Waals surface area contributed by atoms with Gasteiger partial charge in [0.25, 0.3) is 6.01 Å². The van der Waals surface area contributed by atoms with E-state index in [1.807, 2.05) is 0 Å². The monoisotopic (exact) mass is 363 g/mol. The van der Waals surface area contributed by atoms with Crippen molar-refractivity contribution in [3.63, 3.8) is 0 Å². The second kappa shape index (κ2) is 5.76. The standard InChI is InChI=1S/C10H13N5O8S/c11-10-14-7-4(9(18)23-10)13-2-15(7)8-6(17)5(16)3(22-8)1-21-24(12,19)20/h2-3,5-6,8,16-17H,1H2,(H2,11,14)(H2,12,19,20)/t3-,5-,6-,8-/m1/s1. The number of rotatable bonds is 4. The molecule has 0 aliphatic carbocycles. The Hall–Kier alpha value is -2.10. The van der Waals surface area contributed by atoms with Crippen molar-refractivity contribution in [1.82, 2.24) is 14.5 Å². The van der Waals surface area contributed by atoms with E-state index >= 15 is 0 Å². The van der Waals surface area contributed by atoms with Crippen molar-refractivity contribution < 1.29 is 32.0 Å². The zero-order valence-corrected chi connectivity index (χ0v) is 12.7. The number of imidazole rings is 1. The summed E-state index contributed by atoms with van der Waals surface area (Å²) in [5.74, 6) is 0. The molecule has 6 N–H and O–H groups in total. The predicted octanol–water partition coefficient (Wildman–Crippen LogP) is -3.19. The Bertz CT molecular complexity index is 923. The molecule has 0 saturated carbocycles. The van der Waals surface area contributed by atoms with E-state index in [4.69, 9.17) is 15.6 Å². The van der Waals surface area contributed by atoms with E-state index in [2.05, 4.69) is 18.6 Å². The van der Waals surface area contributed by atoms with Gasteiger partial charge in [-0.3, -0.25) is 8.75 Å². The van der Waals surface area contributed by atoms with Gasteiger partial charge in [-0.15, -0.1) is 0 Å². The fourth-order valence-electron chi connectivity index (χ4n) is 2.32. The fraction of sp³-hybridized carbons (Fsp3) is 0.500. The third-order valence-electron chi connectivity index (χ3n) is 3.38. The molecular weight excluding hydrogens is 350 g/mol. The number of nitrogen functional groups attached to an aromatic ring is 1. The van der Waals surface area contributed by atoms with E-state index in [-0.39, 0.29) is 11.2 Å². The Balaban J connectivity index is 1.91. The van der Waals surface area contributed by atoms with Gasteiger partial charge in [0.15, 0.2) is 17.4 Å². The zero-order valence-electron chi connectivity index (χ0n) is 11.8. The Labute approximate surface area is 133 Å². The highest BCUT2D eigenvalue weighted by molar-refractivity contribution is 7.84. The first kappa shape index (κ1) is 16.7. The number of aliphatic hydroxyl groups is 2. The van der Waals surface area contributed by atoms with Crippen LogP contribution in [0.25, 0.3) is 11.2 Å². The highest BCUT2D eigenvalue weighted by atomic mass is 32.2. The van der Waals surface area contributed by atoms with Gasteiger partial charge in [-0.1, -0.05) is 0 Å². The van der Waals surface area contributed by atoms with Crippen LogP contribution in [0.5, 0.6) is 0 Å². The van der Waals surface area contributed by atoms with Gasteiger partial charge in [-0.2, -0.15) is 13.4 Å². The van der Waals surface area contributed by atoms with E-state index in [1.54, 1.807) is 0 Å². The van der Waals surface area contributed by atoms with Crippen molar-refractivity contribution in [1.29, 1.82) is 0 Å². The van der Waals surface area contributed by atoms with Crippen LogP contribution in [0.3, 0.4) is 0 Å². The minimum absolute atomic E-state index is 0.0342. The van der Waals surface area contributed by atoms with Crippen molar-refractivity contribution in [2.75, 3.05) is 12.3 Å². The average molecular weight is 363 g/mol. The molecule has 24 heavy (non-hydrogen) atoms. The van der Waals surface area contributed by atoms with Crippen molar-refractivity contribution in [2.24, 2.45) is 5.14 Å². The minimum atomic E-state index is -4.24. The molecule has 13 nitrogen and oxygen atoms in total. The summed E-state index contributed by atoms with van der Waals surface area (Å²) in [6.45, 7) is -0.613. The summed E-state index contributed by atoms with van der Waals surface area (Å²) in [5, 5.41) is 24.8. The Morgan fingerprint density at radius 3 is 2.75 bits per heavy atom. The summed E-state index contributed by atoms with van der Waals surface area (Å²) in [5.41, 5.74) is 4.34. The molecule has 1 saturated heterocycles. The molecule has 3 heterocycles. The first-order chi connectivity index (χ1) is 11.2. The normalized spacial score (nSPS) is 27.8. The lowest BCUT2D eigenvalue weighted by Crippen LogP contribution is -2.35. The second-order valence-corrected chi connectivity index (χ2v) is 6.21. The molecule has 3 rings (SSSR count). The van der Waals surface area contributed by atoms with E-state index in [1.165, 1.54) is 0 Å². The first-order valence-electron chi connectivity index (χ1n) is 6.49. The zero-order chi connectivity index (χ0) is 17.6. The van der Waals surface area contributed by atoms with E-state index in [0.717, 1.165) is 10.9 Å². The van der Waals surface area contributed by atoms with Crippen LogP contribution < -0.4 is 16.5 Å². The Morgan fingerprint density at radius 1 is 1.38 bits per heavy atom. The molecule has 0 spiro atoms. The molecule has 132 valence electrons. The molecule has 2 aromatic heterocycles. The molecule has 14 heteroatoms. The van der Waals surface area contributed by atoms with Crippen LogP contribution in [0.4, 0.5) is 6.01 Å². The summed E-state index contributed by atoms with van der Waals surface area (Å²) in [7, 11) is -4.24. The van der Waals surface area contributed by atoms with Gasteiger partial charge >= 0.3 is 15.9 Å². The summed E-state index contributed by atoms with van der Waals surface area (Å²) in [4.78, 5) is 19.2. The van der Waals surface area contributed by atoms with Gasteiger partial charge in [0, 0.05) is 0 Å². The summed E-state index contributed by atoms with van der Waals surface area (Å²) >= 11 is 0. The van der Waals surface area contributed by atoms with Gasteiger partial charge in [0.1, 0.15) is 18.3 Å². The molecule has 0 unspecified atom stereocenters. The molecule has 0 bridgehead atoms. The lowest BCUT2D eigenvalue weighted by molar-refractivity contribution is -0.0467. The minimum Gasteiger partial charge on any atom is -0.388 e. The van der Waals surface area contributed by atoms with Crippen LogP contribution in [0.1, 0.15) is 6.23 Å².